The molecule has 2 aliphatic rings. The molecule has 0 aromatic carbocycles. The van der Waals surface area contributed by atoms with Crippen LogP contribution in [0.5, 0.6) is 0 Å². The van der Waals surface area contributed by atoms with E-state index in [2.05, 4.69) is 4.98 Å². The van der Waals surface area contributed by atoms with Crippen LogP contribution in [0.3, 0.4) is 0 Å². The van der Waals surface area contributed by atoms with Crippen molar-refractivity contribution in [1.82, 2.24) is 9.55 Å². The zero-order valence-corrected chi connectivity index (χ0v) is 15.8. The van der Waals surface area contributed by atoms with Gasteiger partial charge in [0.05, 0.1) is 24.4 Å². The average molecular weight is 352 g/mol. The molecule has 140 valence electrons. The van der Waals surface area contributed by atoms with Gasteiger partial charge >= 0.3 is 5.69 Å². The van der Waals surface area contributed by atoms with Crippen LogP contribution in [-0.2, 0) is 14.2 Å². The molecule has 1 aromatic rings. The standard InChI is InChI=1S/C18H28N2O5/c1-10-8-20(16(22)19-15(10)21)12-7-11(9-23-17(2,3)4)13-14(12)25-18(5,6)24-13/h8,11-14H,7,9H2,1-6H3,(H,19,21,22)/t11-,12-,13-,14+/m0/s1. The average Bonchev–Trinajstić information content (AvgIpc) is 2.93. The van der Waals surface area contributed by atoms with Crippen molar-refractivity contribution >= 4 is 0 Å². The molecule has 1 saturated heterocycles. The van der Waals surface area contributed by atoms with Gasteiger partial charge in [0.2, 0.25) is 0 Å². The van der Waals surface area contributed by atoms with Crippen LogP contribution in [0.4, 0.5) is 0 Å². The van der Waals surface area contributed by atoms with Crippen molar-refractivity contribution in [2.75, 3.05) is 6.61 Å². The molecule has 25 heavy (non-hydrogen) atoms. The van der Waals surface area contributed by atoms with Crippen LogP contribution >= 0.6 is 0 Å². The number of rotatable bonds is 3. The third kappa shape index (κ3) is 3.73. The van der Waals surface area contributed by atoms with Crippen LogP contribution in [-0.4, -0.2) is 39.8 Å². The van der Waals surface area contributed by atoms with Crippen molar-refractivity contribution in [2.24, 2.45) is 5.92 Å². The van der Waals surface area contributed by atoms with E-state index in [4.69, 9.17) is 14.2 Å². The molecule has 2 heterocycles. The van der Waals surface area contributed by atoms with Crippen LogP contribution in [0.2, 0.25) is 0 Å². The predicted molar refractivity (Wildman–Crippen MR) is 92.7 cm³/mol. The molecule has 1 N–H and O–H groups in total. The minimum atomic E-state index is -0.700. The van der Waals surface area contributed by atoms with E-state index in [0.29, 0.717) is 18.6 Å². The number of ether oxygens (including phenoxy) is 3. The Hall–Kier alpha value is -1.44. The summed E-state index contributed by atoms with van der Waals surface area (Å²) < 4.78 is 19.7. The van der Waals surface area contributed by atoms with Gasteiger partial charge in [-0.15, -0.1) is 0 Å². The summed E-state index contributed by atoms with van der Waals surface area (Å²) in [4.78, 5) is 26.4. The summed E-state index contributed by atoms with van der Waals surface area (Å²) in [5, 5.41) is 0. The fraction of sp³-hybridized carbons (Fsp3) is 0.778. The fourth-order valence-corrected chi connectivity index (χ4v) is 3.68. The van der Waals surface area contributed by atoms with Gasteiger partial charge in [0.15, 0.2) is 5.79 Å². The molecule has 0 bridgehead atoms. The third-order valence-electron chi connectivity index (χ3n) is 4.79. The molecule has 4 atom stereocenters. The van der Waals surface area contributed by atoms with Gasteiger partial charge in [0.1, 0.15) is 6.10 Å². The molecule has 1 aliphatic heterocycles. The van der Waals surface area contributed by atoms with Crippen molar-refractivity contribution in [1.29, 1.82) is 0 Å². The van der Waals surface area contributed by atoms with Crippen LogP contribution in [0.25, 0.3) is 0 Å². The molecule has 3 rings (SSSR count). The van der Waals surface area contributed by atoms with Crippen LogP contribution in [0.1, 0.15) is 52.6 Å². The minimum absolute atomic E-state index is 0.120. The first-order chi connectivity index (χ1) is 11.5. The number of aromatic amines is 1. The van der Waals surface area contributed by atoms with E-state index in [0.717, 1.165) is 0 Å². The van der Waals surface area contributed by atoms with Crippen LogP contribution < -0.4 is 11.2 Å². The molecular weight excluding hydrogens is 324 g/mol. The maximum atomic E-state index is 12.3. The topological polar surface area (TPSA) is 82.6 Å². The van der Waals surface area contributed by atoms with Crippen LogP contribution in [0, 0.1) is 12.8 Å². The number of H-pyrrole nitrogens is 1. The van der Waals surface area contributed by atoms with Gasteiger partial charge in [-0.25, -0.2) is 4.79 Å². The highest BCUT2D eigenvalue weighted by Gasteiger charge is 2.54. The summed E-state index contributed by atoms with van der Waals surface area (Å²) in [5.74, 6) is -0.579. The molecule has 7 nitrogen and oxygen atoms in total. The number of fused-ring (bicyclic) bond motifs is 1. The molecule has 7 heteroatoms. The van der Waals surface area contributed by atoms with E-state index in [1.807, 2.05) is 34.6 Å². The van der Waals surface area contributed by atoms with Gasteiger partial charge in [-0.3, -0.25) is 14.3 Å². The molecule has 2 fully saturated rings. The number of hydrogen-bond acceptors (Lipinski definition) is 5. The Morgan fingerprint density at radius 1 is 1.28 bits per heavy atom. The molecule has 0 unspecified atom stereocenters. The van der Waals surface area contributed by atoms with Gasteiger partial charge in [0.25, 0.3) is 5.56 Å². The largest absolute Gasteiger partial charge is 0.375 e. The van der Waals surface area contributed by atoms with Crippen LogP contribution in [0.15, 0.2) is 15.8 Å². The quantitative estimate of drug-likeness (QED) is 0.896. The van der Waals surface area contributed by atoms with E-state index in [1.54, 1.807) is 17.7 Å². The molecular formula is C18H28N2O5. The first-order valence-electron chi connectivity index (χ1n) is 8.78. The lowest BCUT2D eigenvalue weighted by Gasteiger charge is -2.26. The van der Waals surface area contributed by atoms with Gasteiger partial charge < -0.3 is 14.2 Å². The molecule has 1 aromatic heterocycles. The van der Waals surface area contributed by atoms with Gasteiger partial charge in [-0.05, 0) is 48.0 Å². The molecule has 0 spiro atoms. The maximum Gasteiger partial charge on any atom is 0.328 e. The maximum absolute atomic E-state index is 12.3. The van der Waals surface area contributed by atoms with E-state index < -0.39 is 11.5 Å². The zero-order valence-electron chi connectivity index (χ0n) is 15.8. The van der Waals surface area contributed by atoms with Gasteiger partial charge in [-0.2, -0.15) is 0 Å². The summed E-state index contributed by atoms with van der Waals surface area (Å²) in [6.07, 6.45) is 1.94. The highest BCUT2D eigenvalue weighted by molar-refractivity contribution is 5.07. The van der Waals surface area contributed by atoms with Crippen molar-refractivity contribution < 1.29 is 14.2 Å². The Labute approximate surface area is 147 Å². The van der Waals surface area contributed by atoms with Gasteiger partial charge in [-0.1, -0.05) is 0 Å². The monoisotopic (exact) mass is 352 g/mol. The lowest BCUT2D eigenvalue weighted by atomic mass is 10.1. The Balaban J connectivity index is 1.91. The second kappa shape index (κ2) is 6.07. The lowest BCUT2D eigenvalue weighted by Crippen LogP contribution is -2.37. The first kappa shape index (κ1) is 18.4. The zero-order chi connectivity index (χ0) is 18.6. The second-order valence-electron chi connectivity index (χ2n) is 8.53. The van der Waals surface area contributed by atoms with Crippen molar-refractivity contribution in [2.45, 2.75) is 77.6 Å². The smallest absolute Gasteiger partial charge is 0.328 e. The van der Waals surface area contributed by atoms with Crippen molar-refractivity contribution in [3.8, 4) is 0 Å². The summed E-state index contributed by atoms with van der Waals surface area (Å²) >= 11 is 0. The lowest BCUT2D eigenvalue weighted by molar-refractivity contribution is -0.164. The van der Waals surface area contributed by atoms with E-state index in [9.17, 15) is 9.59 Å². The molecule has 0 radical (unpaired) electrons. The third-order valence-corrected chi connectivity index (χ3v) is 4.79. The Morgan fingerprint density at radius 3 is 2.56 bits per heavy atom. The van der Waals surface area contributed by atoms with Crippen molar-refractivity contribution in [3.63, 3.8) is 0 Å². The summed E-state index contributed by atoms with van der Waals surface area (Å²) in [6.45, 7) is 12.0. The predicted octanol–water partition coefficient (Wildman–Crippen LogP) is 1.74. The van der Waals surface area contributed by atoms with Gasteiger partial charge in [0, 0.05) is 17.7 Å². The normalized spacial score (nSPS) is 31.3. The Bertz CT molecular complexity index is 758. The number of hydrogen-bond donors (Lipinski definition) is 1. The number of aromatic nitrogens is 2. The van der Waals surface area contributed by atoms with Crippen molar-refractivity contribution in [3.05, 3.63) is 32.6 Å². The van der Waals surface area contributed by atoms with E-state index in [-0.39, 0.29) is 35.3 Å². The summed E-state index contributed by atoms with van der Waals surface area (Å²) in [7, 11) is 0. The summed E-state index contributed by atoms with van der Waals surface area (Å²) in [6, 6.07) is -0.191. The molecule has 0 amide bonds. The molecule has 1 saturated carbocycles. The number of aryl methyl sites for hydroxylation is 1. The number of nitrogens with one attached hydrogen (secondary N) is 1. The first-order valence-corrected chi connectivity index (χ1v) is 8.78. The number of nitrogens with zero attached hydrogens (tertiary/aromatic N) is 1. The second-order valence-corrected chi connectivity index (χ2v) is 8.53. The van der Waals surface area contributed by atoms with E-state index >= 15 is 0 Å². The highest BCUT2D eigenvalue weighted by atomic mass is 16.8. The summed E-state index contributed by atoms with van der Waals surface area (Å²) in [5.41, 5.74) is -0.505. The Kier molecular flexibility index (Phi) is 4.46. The SMILES string of the molecule is Cc1cn([C@H]2C[C@@H](COC(C)(C)C)[C@@H]3OC(C)(C)O[C@@H]32)c(=O)[nH]c1=O. The fourth-order valence-electron chi connectivity index (χ4n) is 3.68. The highest BCUT2D eigenvalue weighted by Crippen LogP contribution is 2.46. The van der Waals surface area contributed by atoms with E-state index in [1.165, 1.54) is 0 Å². The minimum Gasteiger partial charge on any atom is -0.375 e. The molecule has 1 aliphatic carbocycles. The Morgan fingerprint density at radius 2 is 1.92 bits per heavy atom.